The molecule has 0 heterocycles. The second-order valence-electron chi connectivity index (χ2n) is 4.72. The molecule has 20 heavy (non-hydrogen) atoms. The zero-order chi connectivity index (χ0) is 14.8. The number of nitrogens with one attached hydrogen (secondary N) is 1. The smallest absolute Gasteiger partial charge is 0.141 e. The highest BCUT2D eigenvalue weighted by molar-refractivity contribution is 6.33. The molecule has 0 aliphatic rings. The third kappa shape index (κ3) is 3.06. The Bertz CT molecular complexity index is 621. The summed E-state index contributed by atoms with van der Waals surface area (Å²) in [6, 6.07) is 11.6. The van der Waals surface area contributed by atoms with Gasteiger partial charge in [0.1, 0.15) is 5.82 Å². The maximum Gasteiger partial charge on any atom is 0.141 e. The molecule has 106 valence electrons. The number of aliphatic hydroxyl groups is 1. The first kappa shape index (κ1) is 15.1. The summed E-state index contributed by atoms with van der Waals surface area (Å²) in [5, 5.41) is 13.4. The van der Waals surface area contributed by atoms with Crippen LogP contribution >= 0.6 is 23.2 Å². The van der Waals surface area contributed by atoms with Crippen molar-refractivity contribution in [1.82, 2.24) is 0 Å². The van der Waals surface area contributed by atoms with Crippen molar-refractivity contribution < 1.29 is 9.50 Å². The molecule has 2 nitrogen and oxygen atoms in total. The van der Waals surface area contributed by atoms with E-state index in [1.165, 1.54) is 12.1 Å². The lowest BCUT2D eigenvalue weighted by atomic mass is 9.92. The van der Waals surface area contributed by atoms with E-state index in [1.807, 2.05) is 12.1 Å². The molecule has 2 N–H and O–H groups in total. The van der Waals surface area contributed by atoms with Crippen molar-refractivity contribution >= 4 is 28.9 Å². The summed E-state index contributed by atoms with van der Waals surface area (Å²) in [5.41, 5.74) is 0.542. The van der Waals surface area contributed by atoms with E-state index >= 15 is 0 Å². The van der Waals surface area contributed by atoms with Gasteiger partial charge >= 0.3 is 0 Å². The van der Waals surface area contributed by atoms with E-state index < -0.39 is 11.4 Å². The second-order valence-corrected chi connectivity index (χ2v) is 5.54. The van der Waals surface area contributed by atoms with Crippen LogP contribution in [0.15, 0.2) is 42.5 Å². The van der Waals surface area contributed by atoms with E-state index in [-0.39, 0.29) is 11.6 Å². The molecule has 0 aliphatic carbocycles. The Balaban J connectivity index is 2.38. The fourth-order valence-corrected chi connectivity index (χ4v) is 2.27. The highest BCUT2D eigenvalue weighted by Crippen LogP contribution is 2.31. The number of para-hydroxylation sites is 1. The van der Waals surface area contributed by atoms with Gasteiger partial charge in [0.05, 0.1) is 27.9 Å². The predicted octanol–water partition coefficient (Wildman–Crippen LogP) is 4.45. The normalized spacial score (nSPS) is 13.8. The molecule has 2 rings (SSSR count). The minimum absolute atomic E-state index is 0.0168. The average Bonchev–Trinajstić information content (AvgIpc) is 2.44. The minimum Gasteiger partial charge on any atom is -0.394 e. The zero-order valence-corrected chi connectivity index (χ0v) is 12.3. The Morgan fingerprint density at radius 1 is 1.15 bits per heavy atom. The summed E-state index contributed by atoms with van der Waals surface area (Å²) < 4.78 is 13.2. The third-order valence-electron chi connectivity index (χ3n) is 3.16. The van der Waals surface area contributed by atoms with Crippen molar-refractivity contribution in [3.05, 3.63) is 63.9 Å². The Kier molecular flexibility index (Phi) is 4.53. The van der Waals surface area contributed by atoms with Crippen LogP contribution in [-0.4, -0.2) is 11.7 Å². The van der Waals surface area contributed by atoms with E-state index in [1.54, 1.807) is 25.1 Å². The van der Waals surface area contributed by atoms with Gasteiger partial charge in [0.2, 0.25) is 0 Å². The molecule has 2 aromatic carbocycles. The standard InChI is InChI=1S/C15H14Cl2FNO/c1-15(9-20,10-6-7-13(18)12(17)8-10)19-14-5-3-2-4-11(14)16/h2-8,19-20H,9H2,1H3. The molecule has 0 radical (unpaired) electrons. The van der Waals surface area contributed by atoms with Gasteiger partial charge in [0.25, 0.3) is 0 Å². The van der Waals surface area contributed by atoms with E-state index in [0.717, 1.165) is 0 Å². The van der Waals surface area contributed by atoms with Crippen LogP contribution in [0.25, 0.3) is 0 Å². The summed E-state index contributed by atoms with van der Waals surface area (Å²) in [6.07, 6.45) is 0. The number of anilines is 1. The van der Waals surface area contributed by atoms with Gasteiger partial charge in [-0.15, -0.1) is 0 Å². The van der Waals surface area contributed by atoms with Gasteiger partial charge in [-0.3, -0.25) is 0 Å². The number of hydrogen-bond acceptors (Lipinski definition) is 2. The number of aliphatic hydroxyl groups excluding tert-OH is 1. The van der Waals surface area contributed by atoms with Crippen LogP contribution < -0.4 is 5.32 Å². The lowest BCUT2D eigenvalue weighted by molar-refractivity contribution is 0.224. The molecule has 1 unspecified atom stereocenters. The first-order valence-corrected chi connectivity index (χ1v) is 6.81. The van der Waals surface area contributed by atoms with Gasteiger partial charge in [-0.2, -0.15) is 0 Å². The van der Waals surface area contributed by atoms with Crippen molar-refractivity contribution in [3.63, 3.8) is 0 Å². The fourth-order valence-electron chi connectivity index (χ4n) is 1.90. The van der Waals surface area contributed by atoms with Crippen molar-refractivity contribution in [2.75, 3.05) is 11.9 Å². The summed E-state index contributed by atoms with van der Waals surface area (Å²) in [6.45, 7) is 1.60. The van der Waals surface area contributed by atoms with Gasteiger partial charge in [-0.25, -0.2) is 4.39 Å². The molecule has 0 fully saturated rings. The fraction of sp³-hybridized carbons (Fsp3) is 0.200. The summed E-state index contributed by atoms with van der Waals surface area (Å²) in [4.78, 5) is 0. The topological polar surface area (TPSA) is 32.3 Å². The number of hydrogen-bond donors (Lipinski definition) is 2. The van der Waals surface area contributed by atoms with Crippen molar-refractivity contribution in [2.45, 2.75) is 12.5 Å². The molecule has 0 spiro atoms. The van der Waals surface area contributed by atoms with Gasteiger partial charge in [-0.05, 0) is 36.8 Å². The Hall–Kier alpha value is -1.29. The zero-order valence-electron chi connectivity index (χ0n) is 10.8. The van der Waals surface area contributed by atoms with Crippen LogP contribution in [0.1, 0.15) is 12.5 Å². The first-order chi connectivity index (χ1) is 9.46. The third-order valence-corrected chi connectivity index (χ3v) is 3.78. The van der Waals surface area contributed by atoms with Gasteiger partial charge < -0.3 is 10.4 Å². The Labute approximate surface area is 127 Å². The SMILES string of the molecule is CC(CO)(Nc1ccccc1Cl)c1ccc(F)c(Cl)c1. The van der Waals surface area contributed by atoms with E-state index in [0.29, 0.717) is 16.3 Å². The molecule has 0 amide bonds. The predicted molar refractivity (Wildman–Crippen MR) is 80.9 cm³/mol. The lowest BCUT2D eigenvalue weighted by Gasteiger charge is -2.31. The van der Waals surface area contributed by atoms with Crippen LogP contribution in [-0.2, 0) is 5.54 Å². The molecule has 2 aromatic rings. The molecule has 5 heteroatoms. The summed E-state index contributed by atoms with van der Waals surface area (Å²) in [5.74, 6) is -0.492. The minimum atomic E-state index is -0.817. The number of halogens is 3. The molecular weight excluding hydrogens is 300 g/mol. The Morgan fingerprint density at radius 2 is 1.85 bits per heavy atom. The molecule has 0 saturated heterocycles. The van der Waals surface area contributed by atoms with Crippen LogP contribution in [0.2, 0.25) is 10.0 Å². The van der Waals surface area contributed by atoms with Crippen molar-refractivity contribution in [1.29, 1.82) is 0 Å². The monoisotopic (exact) mass is 313 g/mol. The van der Waals surface area contributed by atoms with Crippen LogP contribution in [0.4, 0.5) is 10.1 Å². The van der Waals surface area contributed by atoms with Crippen LogP contribution in [0.3, 0.4) is 0 Å². The van der Waals surface area contributed by atoms with E-state index in [9.17, 15) is 9.50 Å². The molecule has 1 atom stereocenters. The van der Waals surface area contributed by atoms with E-state index in [4.69, 9.17) is 23.2 Å². The average molecular weight is 314 g/mol. The Morgan fingerprint density at radius 3 is 2.45 bits per heavy atom. The van der Waals surface area contributed by atoms with Crippen molar-refractivity contribution in [2.24, 2.45) is 0 Å². The quantitative estimate of drug-likeness (QED) is 0.874. The van der Waals surface area contributed by atoms with Gasteiger partial charge in [-0.1, -0.05) is 41.4 Å². The number of benzene rings is 2. The molecule has 0 aliphatic heterocycles. The first-order valence-electron chi connectivity index (χ1n) is 6.05. The van der Waals surface area contributed by atoms with Gasteiger partial charge in [0, 0.05) is 0 Å². The molecule has 0 bridgehead atoms. The summed E-state index contributed by atoms with van der Waals surface area (Å²) >= 11 is 11.9. The highest BCUT2D eigenvalue weighted by atomic mass is 35.5. The maximum absolute atomic E-state index is 13.2. The van der Waals surface area contributed by atoms with Crippen LogP contribution in [0.5, 0.6) is 0 Å². The second kappa shape index (κ2) is 6.00. The molecular formula is C15H14Cl2FNO. The number of rotatable bonds is 4. The largest absolute Gasteiger partial charge is 0.394 e. The van der Waals surface area contributed by atoms with Gasteiger partial charge in [0.15, 0.2) is 0 Å². The van der Waals surface area contributed by atoms with E-state index in [2.05, 4.69) is 5.32 Å². The molecule has 0 saturated carbocycles. The summed E-state index contributed by atoms with van der Waals surface area (Å²) in [7, 11) is 0. The highest BCUT2D eigenvalue weighted by Gasteiger charge is 2.27. The maximum atomic E-state index is 13.2. The molecule has 0 aromatic heterocycles. The van der Waals surface area contributed by atoms with Crippen LogP contribution in [0, 0.1) is 5.82 Å². The lowest BCUT2D eigenvalue weighted by Crippen LogP contribution is -2.36. The van der Waals surface area contributed by atoms with Crippen molar-refractivity contribution in [3.8, 4) is 0 Å².